The number of hydrogen-bond acceptors (Lipinski definition) is 1. The fourth-order valence-corrected chi connectivity index (χ4v) is 3.30. The molecule has 1 saturated heterocycles. The van der Waals surface area contributed by atoms with Crippen molar-refractivity contribution in [2.45, 2.75) is 70.8 Å². The van der Waals surface area contributed by atoms with Crippen molar-refractivity contribution in [1.29, 1.82) is 0 Å². The first kappa shape index (κ1) is 11.9. The Labute approximate surface area is 99.4 Å². The predicted octanol–water partition coefficient (Wildman–Crippen LogP) is 3.36. The Balaban J connectivity index is 1.95. The highest BCUT2D eigenvalue weighted by Crippen LogP contribution is 2.28. The first-order chi connectivity index (χ1) is 7.83. The first-order valence-corrected chi connectivity index (χ1v) is 7.13. The average molecular weight is 223 g/mol. The second-order valence-electron chi connectivity index (χ2n) is 5.42. The fourth-order valence-electron chi connectivity index (χ4n) is 3.30. The van der Waals surface area contributed by atoms with E-state index < -0.39 is 0 Å². The standard InChI is InChI=1S/C14H25NO/c1-2-13-10-6-7-11-15(13)14(16)12-8-4-3-5-9-12/h12-13H,2-11H2,1H3/t13-/m1/s1. The van der Waals surface area contributed by atoms with Gasteiger partial charge in [0.05, 0.1) is 0 Å². The van der Waals surface area contributed by atoms with Crippen molar-refractivity contribution in [2.24, 2.45) is 5.92 Å². The molecule has 0 aromatic carbocycles. The molecule has 2 nitrogen and oxygen atoms in total. The van der Waals surface area contributed by atoms with Crippen LogP contribution in [0.5, 0.6) is 0 Å². The van der Waals surface area contributed by atoms with Crippen LogP contribution in [0, 0.1) is 5.92 Å². The molecule has 1 aliphatic carbocycles. The molecule has 1 heterocycles. The molecule has 0 unspecified atom stereocenters. The lowest BCUT2D eigenvalue weighted by atomic mass is 9.87. The van der Waals surface area contributed by atoms with Crippen molar-refractivity contribution in [3.8, 4) is 0 Å². The molecular formula is C14H25NO. The minimum absolute atomic E-state index is 0.362. The molecule has 0 aromatic rings. The minimum atomic E-state index is 0.362. The van der Waals surface area contributed by atoms with E-state index in [1.807, 2.05) is 0 Å². The van der Waals surface area contributed by atoms with E-state index >= 15 is 0 Å². The quantitative estimate of drug-likeness (QED) is 0.703. The molecule has 0 aromatic heterocycles. The predicted molar refractivity (Wildman–Crippen MR) is 66.2 cm³/mol. The van der Waals surface area contributed by atoms with E-state index in [0.29, 0.717) is 17.9 Å². The summed E-state index contributed by atoms with van der Waals surface area (Å²) in [6, 6.07) is 0.545. The Hall–Kier alpha value is -0.530. The number of amides is 1. The zero-order chi connectivity index (χ0) is 11.4. The summed E-state index contributed by atoms with van der Waals surface area (Å²) in [6.45, 7) is 3.24. The third-order valence-corrected chi connectivity index (χ3v) is 4.34. The Morgan fingerprint density at radius 3 is 2.44 bits per heavy atom. The number of rotatable bonds is 2. The monoisotopic (exact) mass is 223 g/mol. The number of carbonyl (C=O) groups excluding carboxylic acids is 1. The van der Waals surface area contributed by atoms with Gasteiger partial charge in [0.25, 0.3) is 0 Å². The lowest BCUT2D eigenvalue weighted by molar-refractivity contribution is -0.140. The van der Waals surface area contributed by atoms with E-state index in [-0.39, 0.29) is 0 Å². The van der Waals surface area contributed by atoms with Crippen LogP contribution in [0.3, 0.4) is 0 Å². The lowest BCUT2D eigenvalue weighted by Gasteiger charge is -2.38. The van der Waals surface area contributed by atoms with Crippen molar-refractivity contribution in [3.63, 3.8) is 0 Å². The molecule has 2 heteroatoms. The van der Waals surface area contributed by atoms with Gasteiger partial charge in [-0.25, -0.2) is 0 Å². The maximum Gasteiger partial charge on any atom is 0.225 e. The number of likely N-dealkylation sites (tertiary alicyclic amines) is 1. The second kappa shape index (κ2) is 5.70. The zero-order valence-electron chi connectivity index (χ0n) is 10.6. The van der Waals surface area contributed by atoms with Crippen molar-refractivity contribution < 1.29 is 4.79 Å². The molecule has 0 bridgehead atoms. The van der Waals surface area contributed by atoms with Gasteiger partial charge in [-0.3, -0.25) is 4.79 Å². The fraction of sp³-hybridized carbons (Fsp3) is 0.929. The third kappa shape index (κ3) is 2.58. The van der Waals surface area contributed by atoms with Crippen molar-refractivity contribution >= 4 is 5.91 Å². The largest absolute Gasteiger partial charge is 0.339 e. The van der Waals surface area contributed by atoms with Gasteiger partial charge in [-0.1, -0.05) is 26.2 Å². The molecule has 0 N–H and O–H groups in total. The van der Waals surface area contributed by atoms with Gasteiger partial charge in [-0.2, -0.15) is 0 Å². The van der Waals surface area contributed by atoms with Crippen LogP contribution in [0.25, 0.3) is 0 Å². The maximum atomic E-state index is 12.4. The first-order valence-electron chi connectivity index (χ1n) is 7.13. The summed E-state index contributed by atoms with van der Waals surface area (Å²) in [6.07, 6.45) is 11.1. The molecule has 1 atom stereocenters. The topological polar surface area (TPSA) is 20.3 Å². The zero-order valence-corrected chi connectivity index (χ0v) is 10.6. The van der Waals surface area contributed by atoms with Crippen LogP contribution >= 0.6 is 0 Å². The minimum Gasteiger partial charge on any atom is -0.339 e. The van der Waals surface area contributed by atoms with Crippen molar-refractivity contribution in [2.75, 3.05) is 6.54 Å². The number of nitrogens with zero attached hydrogens (tertiary/aromatic N) is 1. The van der Waals surface area contributed by atoms with Gasteiger partial charge in [-0.05, 0) is 38.5 Å². The number of carbonyl (C=O) groups is 1. The third-order valence-electron chi connectivity index (χ3n) is 4.34. The lowest BCUT2D eigenvalue weighted by Crippen LogP contribution is -2.46. The van der Waals surface area contributed by atoms with Gasteiger partial charge in [0.1, 0.15) is 0 Å². The summed E-state index contributed by atoms with van der Waals surface area (Å²) < 4.78 is 0. The van der Waals surface area contributed by atoms with E-state index in [0.717, 1.165) is 25.8 Å². The highest BCUT2D eigenvalue weighted by atomic mass is 16.2. The van der Waals surface area contributed by atoms with Crippen LogP contribution in [0.4, 0.5) is 0 Å². The maximum absolute atomic E-state index is 12.4. The van der Waals surface area contributed by atoms with E-state index in [1.165, 1.54) is 38.5 Å². The molecule has 2 rings (SSSR count). The summed E-state index contributed by atoms with van der Waals surface area (Å²) >= 11 is 0. The summed E-state index contributed by atoms with van der Waals surface area (Å²) in [5, 5.41) is 0. The van der Waals surface area contributed by atoms with Crippen molar-refractivity contribution in [1.82, 2.24) is 4.90 Å². The SMILES string of the molecule is CC[C@@H]1CCCCN1C(=O)C1CCCCC1. The second-order valence-corrected chi connectivity index (χ2v) is 5.42. The van der Waals surface area contributed by atoms with Crippen LogP contribution in [0.2, 0.25) is 0 Å². The Bertz CT molecular complexity index is 233. The Morgan fingerprint density at radius 1 is 1.06 bits per heavy atom. The number of hydrogen-bond donors (Lipinski definition) is 0. The van der Waals surface area contributed by atoms with Gasteiger partial charge >= 0.3 is 0 Å². The molecule has 1 amide bonds. The number of piperidine rings is 1. The molecule has 1 saturated carbocycles. The molecule has 16 heavy (non-hydrogen) atoms. The summed E-state index contributed by atoms with van der Waals surface area (Å²) in [4.78, 5) is 14.7. The molecule has 0 spiro atoms. The summed E-state index contributed by atoms with van der Waals surface area (Å²) in [7, 11) is 0. The van der Waals surface area contributed by atoms with E-state index in [9.17, 15) is 4.79 Å². The molecular weight excluding hydrogens is 198 g/mol. The van der Waals surface area contributed by atoms with Gasteiger partial charge in [0.2, 0.25) is 5.91 Å². The van der Waals surface area contributed by atoms with Crippen LogP contribution in [-0.2, 0) is 4.79 Å². The summed E-state index contributed by atoms with van der Waals surface area (Å²) in [5.74, 6) is 0.840. The van der Waals surface area contributed by atoms with E-state index in [1.54, 1.807) is 0 Å². The highest BCUT2D eigenvalue weighted by Gasteiger charge is 2.30. The van der Waals surface area contributed by atoms with Crippen LogP contribution < -0.4 is 0 Å². The Morgan fingerprint density at radius 2 is 1.75 bits per heavy atom. The van der Waals surface area contributed by atoms with Gasteiger partial charge in [0, 0.05) is 18.5 Å². The van der Waals surface area contributed by atoms with Crippen LogP contribution in [0.1, 0.15) is 64.7 Å². The molecule has 1 aliphatic heterocycles. The van der Waals surface area contributed by atoms with E-state index in [2.05, 4.69) is 11.8 Å². The highest BCUT2D eigenvalue weighted by molar-refractivity contribution is 5.79. The smallest absolute Gasteiger partial charge is 0.225 e. The molecule has 92 valence electrons. The Kier molecular flexibility index (Phi) is 4.25. The molecule has 0 radical (unpaired) electrons. The molecule has 2 aliphatic rings. The van der Waals surface area contributed by atoms with Gasteiger partial charge in [0.15, 0.2) is 0 Å². The van der Waals surface area contributed by atoms with E-state index in [4.69, 9.17) is 0 Å². The van der Waals surface area contributed by atoms with Crippen LogP contribution in [0.15, 0.2) is 0 Å². The molecule has 2 fully saturated rings. The van der Waals surface area contributed by atoms with Crippen LogP contribution in [-0.4, -0.2) is 23.4 Å². The average Bonchev–Trinajstić information content (AvgIpc) is 2.39. The summed E-state index contributed by atoms with van der Waals surface area (Å²) in [5.41, 5.74) is 0. The van der Waals surface area contributed by atoms with Crippen molar-refractivity contribution in [3.05, 3.63) is 0 Å². The van der Waals surface area contributed by atoms with Gasteiger partial charge < -0.3 is 4.90 Å². The normalized spacial score (nSPS) is 28.1. The van der Waals surface area contributed by atoms with Gasteiger partial charge in [-0.15, -0.1) is 0 Å².